The van der Waals surface area contributed by atoms with Crippen molar-refractivity contribution in [2.75, 3.05) is 19.6 Å². The Hall–Kier alpha value is -2.02. The largest absolute Gasteiger partial charge is 0.349 e. The van der Waals surface area contributed by atoms with Crippen LogP contribution < -0.4 is 0 Å². The molecule has 3 rings (SSSR count). The molecule has 2 aliphatic rings. The van der Waals surface area contributed by atoms with Gasteiger partial charge in [0.05, 0.1) is 4.91 Å². The first-order valence-electron chi connectivity index (χ1n) is 9.12. The van der Waals surface area contributed by atoms with E-state index in [-0.39, 0.29) is 23.6 Å². The van der Waals surface area contributed by atoms with Crippen molar-refractivity contribution < 1.29 is 14.4 Å². The molecular formula is C19H25N3O3S. The lowest BCUT2D eigenvalue weighted by Gasteiger charge is -2.27. The van der Waals surface area contributed by atoms with Crippen LogP contribution >= 0.6 is 11.8 Å². The van der Waals surface area contributed by atoms with Crippen molar-refractivity contribution in [1.82, 2.24) is 14.4 Å². The zero-order valence-electron chi connectivity index (χ0n) is 15.6. The summed E-state index contributed by atoms with van der Waals surface area (Å²) >= 11 is 0.915. The predicted octanol–water partition coefficient (Wildman–Crippen LogP) is 3.17. The number of amides is 3. The summed E-state index contributed by atoms with van der Waals surface area (Å²) in [5.74, 6) is -0.510. The van der Waals surface area contributed by atoms with Crippen molar-refractivity contribution in [3.8, 4) is 0 Å². The third-order valence-corrected chi connectivity index (χ3v) is 6.00. The van der Waals surface area contributed by atoms with Crippen LogP contribution in [0.2, 0.25) is 0 Å². The van der Waals surface area contributed by atoms with Gasteiger partial charge < -0.3 is 9.47 Å². The standard InChI is InChI=1S/C19H25N3O3S/c1-4-21-13(2)10-15(14(21)3)11-16-18(24)22(19(25)26-16)12-17(23)20-8-6-5-7-9-20/h10-11H,4-9,12H2,1-3H3/b16-11-. The Morgan fingerprint density at radius 3 is 2.50 bits per heavy atom. The zero-order chi connectivity index (χ0) is 18.8. The fourth-order valence-electron chi connectivity index (χ4n) is 3.62. The minimum absolute atomic E-state index is 0.141. The maximum Gasteiger partial charge on any atom is 0.294 e. The van der Waals surface area contributed by atoms with Gasteiger partial charge in [-0.15, -0.1) is 0 Å². The van der Waals surface area contributed by atoms with Gasteiger partial charge in [0.15, 0.2) is 0 Å². The van der Waals surface area contributed by atoms with Crippen molar-refractivity contribution in [2.24, 2.45) is 0 Å². The van der Waals surface area contributed by atoms with E-state index in [1.165, 1.54) is 0 Å². The molecule has 140 valence electrons. The topological polar surface area (TPSA) is 62.6 Å². The van der Waals surface area contributed by atoms with Gasteiger partial charge in [-0.1, -0.05) is 0 Å². The molecule has 3 amide bonds. The van der Waals surface area contributed by atoms with E-state index in [2.05, 4.69) is 11.5 Å². The van der Waals surface area contributed by atoms with E-state index in [4.69, 9.17) is 0 Å². The number of thioether (sulfide) groups is 1. The molecule has 26 heavy (non-hydrogen) atoms. The Labute approximate surface area is 158 Å². The summed E-state index contributed by atoms with van der Waals surface area (Å²) in [6.07, 6.45) is 4.87. The monoisotopic (exact) mass is 375 g/mol. The first-order chi connectivity index (χ1) is 12.4. The summed E-state index contributed by atoms with van der Waals surface area (Å²) < 4.78 is 2.16. The van der Waals surface area contributed by atoms with E-state index in [0.29, 0.717) is 18.0 Å². The molecule has 0 saturated carbocycles. The molecule has 0 unspecified atom stereocenters. The highest BCUT2D eigenvalue weighted by Gasteiger charge is 2.37. The summed E-state index contributed by atoms with van der Waals surface area (Å²) in [5, 5.41) is -0.365. The van der Waals surface area contributed by atoms with Gasteiger partial charge in [-0.2, -0.15) is 0 Å². The Morgan fingerprint density at radius 1 is 1.19 bits per heavy atom. The van der Waals surface area contributed by atoms with Crippen molar-refractivity contribution in [3.63, 3.8) is 0 Å². The molecule has 0 aliphatic carbocycles. The lowest BCUT2D eigenvalue weighted by molar-refractivity contribution is -0.136. The second-order valence-electron chi connectivity index (χ2n) is 6.78. The number of imide groups is 1. The van der Waals surface area contributed by atoms with E-state index in [0.717, 1.165) is 59.4 Å². The highest BCUT2D eigenvalue weighted by Crippen LogP contribution is 2.33. The number of aromatic nitrogens is 1. The van der Waals surface area contributed by atoms with Gasteiger partial charge in [-0.05, 0) is 69.5 Å². The Kier molecular flexibility index (Phi) is 5.55. The van der Waals surface area contributed by atoms with Crippen LogP contribution in [-0.2, 0) is 16.1 Å². The number of piperidine rings is 1. The number of nitrogens with zero attached hydrogens (tertiary/aromatic N) is 3. The van der Waals surface area contributed by atoms with Crippen LogP contribution in [0.3, 0.4) is 0 Å². The molecule has 2 aliphatic heterocycles. The average molecular weight is 375 g/mol. The highest BCUT2D eigenvalue weighted by atomic mass is 32.2. The molecule has 0 bridgehead atoms. The number of rotatable bonds is 4. The first-order valence-corrected chi connectivity index (χ1v) is 9.94. The number of aryl methyl sites for hydroxylation is 1. The van der Waals surface area contributed by atoms with Crippen molar-refractivity contribution >= 4 is 34.9 Å². The van der Waals surface area contributed by atoms with Gasteiger partial charge in [-0.3, -0.25) is 19.3 Å². The summed E-state index contributed by atoms with van der Waals surface area (Å²) in [5.41, 5.74) is 3.13. The van der Waals surface area contributed by atoms with Gasteiger partial charge in [0, 0.05) is 31.0 Å². The SMILES string of the molecule is CCn1c(C)cc(/C=C2\SC(=O)N(CC(=O)N3CCCCC3)C2=O)c1C. The molecular weight excluding hydrogens is 350 g/mol. The molecule has 2 saturated heterocycles. The van der Waals surface area contributed by atoms with E-state index in [9.17, 15) is 14.4 Å². The normalized spacial score (nSPS) is 19.7. The van der Waals surface area contributed by atoms with Crippen LogP contribution in [-0.4, -0.2) is 51.1 Å². The van der Waals surface area contributed by atoms with E-state index >= 15 is 0 Å². The molecule has 0 N–H and O–H groups in total. The summed E-state index contributed by atoms with van der Waals surface area (Å²) in [6, 6.07) is 2.02. The molecule has 0 aromatic carbocycles. The summed E-state index contributed by atoms with van der Waals surface area (Å²) in [6.45, 7) is 8.24. The molecule has 2 fully saturated rings. The number of carbonyl (C=O) groups excluding carboxylic acids is 3. The molecule has 3 heterocycles. The molecule has 6 nitrogen and oxygen atoms in total. The maximum absolute atomic E-state index is 12.6. The second-order valence-corrected chi connectivity index (χ2v) is 7.77. The summed E-state index contributed by atoms with van der Waals surface area (Å²) in [7, 11) is 0. The number of hydrogen-bond acceptors (Lipinski definition) is 4. The van der Waals surface area contributed by atoms with Crippen molar-refractivity contribution in [2.45, 2.75) is 46.6 Å². The average Bonchev–Trinajstić information content (AvgIpc) is 3.05. The van der Waals surface area contributed by atoms with Crippen LogP contribution in [0.1, 0.15) is 43.1 Å². The van der Waals surface area contributed by atoms with Crippen LogP contribution in [0, 0.1) is 13.8 Å². The fourth-order valence-corrected chi connectivity index (χ4v) is 4.45. The summed E-state index contributed by atoms with van der Waals surface area (Å²) in [4.78, 5) is 40.5. The zero-order valence-corrected chi connectivity index (χ0v) is 16.4. The lowest BCUT2D eigenvalue weighted by Crippen LogP contribution is -2.44. The predicted molar refractivity (Wildman–Crippen MR) is 103 cm³/mol. The molecule has 0 atom stereocenters. The molecule has 1 aromatic rings. The van der Waals surface area contributed by atoms with Crippen LogP contribution in [0.4, 0.5) is 4.79 Å². The second kappa shape index (κ2) is 7.70. The number of hydrogen-bond donors (Lipinski definition) is 0. The Bertz CT molecular complexity index is 775. The van der Waals surface area contributed by atoms with Crippen molar-refractivity contribution in [3.05, 3.63) is 27.9 Å². The highest BCUT2D eigenvalue weighted by molar-refractivity contribution is 8.18. The van der Waals surface area contributed by atoms with E-state index < -0.39 is 0 Å². The minimum Gasteiger partial charge on any atom is -0.349 e. The van der Waals surface area contributed by atoms with E-state index in [1.54, 1.807) is 11.0 Å². The van der Waals surface area contributed by atoms with Crippen LogP contribution in [0.5, 0.6) is 0 Å². The van der Waals surface area contributed by atoms with Gasteiger partial charge in [0.25, 0.3) is 11.1 Å². The molecule has 1 aromatic heterocycles. The van der Waals surface area contributed by atoms with Gasteiger partial charge in [0.2, 0.25) is 5.91 Å². The quantitative estimate of drug-likeness (QED) is 0.759. The van der Waals surface area contributed by atoms with Crippen LogP contribution in [0.15, 0.2) is 11.0 Å². The van der Waals surface area contributed by atoms with Gasteiger partial charge >= 0.3 is 0 Å². The molecule has 7 heteroatoms. The minimum atomic E-state index is -0.369. The van der Waals surface area contributed by atoms with Gasteiger partial charge in [0.1, 0.15) is 6.54 Å². The first kappa shape index (κ1) is 18.8. The maximum atomic E-state index is 12.6. The van der Waals surface area contributed by atoms with Crippen LogP contribution in [0.25, 0.3) is 6.08 Å². The smallest absolute Gasteiger partial charge is 0.294 e. The third kappa shape index (κ3) is 3.58. The lowest BCUT2D eigenvalue weighted by atomic mass is 10.1. The van der Waals surface area contributed by atoms with E-state index in [1.807, 2.05) is 19.9 Å². The Morgan fingerprint density at radius 2 is 1.88 bits per heavy atom. The molecule has 0 radical (unpaired) electrons. The number of likely N-dealkylation sites (tertiary alicyclic amines) is 1. The number of carbonyl (C=O) groups is 3. The third-order valence-electron chi connectivity index (χ3n) is 5.09. The van der Waals surface area contributed by atoms with Crippen molar-refractivity contribution in [1.29, 1.82) is 0 Å². The fraction of sp³-hybridized carbons (Fsp3) is 0.526. The van der Waals surface area contributed by atoms with Gasteiger partial charge in [-0.25, -0.2) is 0 Å². The Balaban J connectivity index is 1.75. The molecule has 0 spiro atoms.